The summed E-state index contributed by atoms with van der Waals surface area (Å²) in [5, 5.41) is 0. The second-order valence-corrected chi connectivity index (χ2v) is 5.46. The maximum absolute atomic E-state index is 12.1. The minimum Gasteiger partial charge on any atom is -0.462 e. The predicted molar refractivity (Wildman–Crippen MR) is 71.9 cm³/mol. The van der Waals surface area contributed by atoms with Gasteiger partial charge in [-0.25, -0.2) is 0 Å². The molecule has 1 aliphatic carbocycles. The fourth-order valence-corrected chi connectivity index (χ4v) is 2.96. The van der Waals surface area contributed by atoms with Gasteiger partial charge in [0.05, 0.1) is 5.92 Å². The maximum Gasteiger partial charge on any atom is 0.309 e. The van der Waals surface area contributed by atoms with E-state index in [-0.39, 0.29) is 18.0 Å². The third-order valence-electron chi connectivity index (χ3n) is 4.14. The summed E-state index contributed by atoms with van der Waals surface area (Å²) in [6.07, 6.45) is 4.51. The van der Waals surface area contributed by atoms with E-state index in [2.05, 4.69) is 24.3 Å². The molecule has 0 bridgehead atoms. The van der Waals surface area contributed by atoms with Gasteiger partial charge >= 0.3 is 5.97 Å². The van der Waals surface area contributed by atoms with E-state index in [0.29, 0.717) is 13.2 Å². The van der Waals surface area contributed by atoms with Gasteiger partial charge in [-0.05, 0) is 36.8 Å². The molecule has 19 heavy (non-hydrogen) atoms. The largest absolute Gasteiger partial charge is 0.462 e. The van der Waals surface area contributed by atoms with Crippen LogP contribution in [0, 0.1) is 5.92 Å². The predicted octanol–water partition coefficient (Wildman–Crippen LogP) is 2.51. The Balaban J connectivity index is 1.58. The Labute approximate surface area is 113 Å². The van der Waals surface area contributed by atoms with Crippen LogP contribution in [0.2, 0.25) is 0 Å². The van der Waals surface area contributed by atoms with E-state index in [1.54, 1.807) is 0 Å². The molecule has 1 aromatic rings. The van der Waals surface area contributed by atoms with Crippen molar-refractivity contribution in [3.8, 4) is 0 Å². The van der Waals surface area contributed by atoms with E-state index in [9.17, 15) is 4.79 Å². The molecule has 3 heteroatoms. The molecular weight excluding hydrogens is 240 g/mol. The zero-order valence-corrected chi connectivity index (χ0v) is 11.1. The van der Waals surface area contributed by atoms with Gasteiger partial charge in [-0.2, -0.15) is 0 Å². The number of benzene rings is 1. The summed E-state index contributed by atoms with van der Waals surface area (Å²) in [6, 6.07) is 8.45. The summed E-state index contributed by atoms with van der Waals surface area (Å²) in [5.41, 5.74) is 2.74. The number of fused-ring (bicyclic) bond motifs is 1. The van der Waals surface area contributed by atoms with Gasteiger partial charge in [0.2, 0.25) is 0 Å². The van der Waals surface area contributed by atoms with E-state index >= 15 is 0 Å². The summed E-state index contributed by atoms with van der Waals surface area (Å²) in [5.74, 6) is 0.0265. The highest BCUT2D eigenvalue weighted by molar-refractivity contribution is 5.72. The first-order valence-corrected chi connectivity index (χ1v) is 7.18. The van der Waals surface area contributed by atoms with E-state index in [4.69, 9.17) is 9.47 Å². The molecule has 3 nitrogen and oxygen atoms in total. The Morgan fingerprint density at radius 1 is 1.11 bits per heavy atom. The normalized spacial score (nSPS) is 23.7. The van der Waals surface area contributed by atoms with Crippen LogP contribution in [-0.4, -0.2) is 25.3 Å². The minimum absolute atomic E-state index is 0.0207. The van der Waals surface area contributed by atoms with E-state index in [1.807, 2.05) is 0 Å². The highest BCUT2D eigenvalue weighted by atomic mass is 16.5. The lowest BCUT2D eigenvalue weighted by Gasteiger charge is -2.27. The number of rotatable bonds is 2. The third kappa shape index (κ3) is 2.98. The summed E-state index contributed by atoms with van der Waals surface area (Å²) in [4.78, 5) is 12.1. The minimum atomic E-state index is -0.0207. The van der Waals surface area contributed by atoms with Crippen LogP contribution in [0.1, 0.15) is 30.4 Å². The number of hydrogen-bond donors (Lipinski definition) is 0. The van der Waals surface area contributed by atoms with Crippen molar-refractivity contribution in [3.05, 3.63) is 35.4 Å². The molecular formula is C16H20O3. The molecule has 0 aromatic heterocycles. The highest BCUT2D eigenvalue weighted by Gasteiger charge is 2.27. The van der Waals surface area contributed by atoms with Gasteiger partial charge < -0.3 is 9.47 Å². The maximum atomic E-state index is 12.1. The monoisotopic (exact) mass is 260 g/mol. The lowest BCUT2D eigenvalue weighted by Crippen LogP contribution is -2.31. The molecule has 3 rings (SSSR count). The Bertz CT molecular complexity index is 449. The molecule has 1 aromatic carbocycles. The van der Waals surface area contributed by atoms with Gasteiger partial charge in [0, 0.05) is 19.6 Å². The van der Waals surface area contributed by atoms with Crippen molar-refractivity contribution < 1.29 is 14.3 Å². The Kier molecular flexibility index (Phi) is 3.83. The van der Waals surface area contributed by atoms with Gasteiger partial charge in [-0.15, -0.1) is 0 Å². The zero-order chi connectivity index (χ0) is 13.1. The van der Waals surface area contributed by atoms with Crippen molar-refractivity contribution >= 4 is 5.97 Å². The number of carbonyl (C=O) groups excluding carboxylic acids is 1. The fourth-order valence-electron chi connectivity index (χ4n) is 2.96. The van der Waals surface area contributed by atoms with Crippen LogP contribution in [0.5, 0.6) is 0 Å². The molecule has 102 valence electrons. The third-order valence-corrected chi connectivity index (χ3v) is 4.14. The van der Waals surface area contributed by atoms with Crippen LogP contribution in [0.4, 0.5) is 0 Å². The van der Waals surface area contributed by atoms with Crippen molar-refractivity contribution in [2.45, 2.75) is 38.2 Å². The van der Waals surface area contributed by atoms with Crippen LogP contribution in [0.25, 0.3) is 0 Å². The molecule has 1 heterocycles. The van der Waals surface area contributed by atoms with Crippen LogP contribution in [-0.2, 0) is 27.1 Å². The molecule has 0 N–H and O–H groups in total. The fraction of sp³-hybridized carbons (Fsp3) is 0.562. The SMILES string of the molecule is O=C(O[C@H]1CCc2ccccc2C1)C1CCOCC1. The van der Waals surface area contributed by atoms with Gasteiger partial charge in [0.15, 0.2) is 0 Å². The van der Waals surface area contributed by atoms with E-state index in [1.165, 1.54) is 11.1 Å². The lowest BCUT2D eigenvalue weighted by molar-refractivity contribution is -0.157. The first-order chi connectivity index (χ1) is 9.33. The average molecular weight is 260 g/mol. The van der Waals surface area contributed by atoms with Crippen LogP contribution >= 0.6 is 0 Å². The van der Waals surface area contributed by atoms with Crippen molar-refractivity contribution in [1.29, 1.82) is 0 Å². The van der Waals surface area contributed by atoms with Crippen molar-refractivity contribution in [3.63, 3.8) is 0 Å². The Morgan fingerprint density at radius 2 is 1.84 bits per heavy atom. The number of esters is 1. The van der Waals surface area contributed by atoms with Gasteiger partial charge in [-0.1, -0.05) is 24.3 Å². The molecule has 0 saturated carbocycles. The summed E-state index contributed by atoms with van der Waals surface area (Å²) < 4.78 is 11.0. The molecule has 0 spiro atoms. The Morgan fingerprint density at radius 3 is 2.63 bits per heavy atom. The number of hydrogen-bond acceptors (Lipinski definition) is 3. The molecule has 0 unspecified atom stereocenters. The lowest BCUT2D eigenvalue weighted by atomic mass is 9.89. The Hall–Kier alpha value is -1.35. The average Bonchev–Trinajstić information content (AvgIpc) is 2.48. The van der Waals surface area contributed by atoms with Gasteiger partial charge in [0.25, 0.3) is 0 Å². The smallest absolute Gasteiger partial charge is 0.309 e. The second kappa shape index (κ2) is 5.74. The van der Waals surface area contributed by atoms with Crippen molar-refractivity contribution in [2.24, 2.45) is 5.92 Å². The van der Waals surface area contributed by atoms with Crippen LogP contribution < -0.4 is 0 Å². The molecule has 0 radical (unpaired) electrons. The number of ether oxygens (including phenoxy) is 2. The molecule has 1 saturated heterocycles. The van der Waals surface area contributed by atoms with Gasteiger partial charge in [0.1, 0.15) is 6.10 Å². The highest BCUT2D eigenvalue weighted by Crippen LogP contribution is 2.25. The first kappa shape index (κ1) is 12.7. The molecule has 1 atom stereocenters. The quantitative estimate of drug-likeness (QED) is 0.766. The molecule has 2 aliphatic rings. The van der Waals surface area contributed by atoms with Crippen LogP contribution in [0.15, 0.2) is 24.3 Å². The van der Waals surface area contributed by atoms with Crippen molar-refractivity contribution in [2.75, 3.05) is 13.2 Å². The van der Waals surface area contributed by atoms with E-state index < -0.39 is 0 Å². The first-order valence-electron chi connectivity index (χ1n) is 7.18. The summed E-state index contributed by atoms with van der Waals surface area (Å²) >= 11 is 0. The zero-order valence-electron chi connectivity index (χ0n) is 11.1. The van der Waals surface area contributed by atoms with E-state index in [0.717, 1.165) is 32.1 Å². The number of aryl methyl sites for hydroxylation is 1. The standard InChI is InChI=1S/C16H20O3/c17-16(13-7-9-18-10-8-13)19-15-6-5-12-3-1-2-4-14(12)11-15/h1-4,13,15H,5-11H2/t15-/m0/s1. The summed E-state index contributed by atoms with van der Waals surface area (Å²) in [7, 11) is 0. The van der Waals surface area contributed by atoms with Crippen LogP contribution in [0.3, 0.4) is 0 Å². The molecule has 1 aliphatic heterocycles. The van der Waals surface area contributed by atoms with Crippen molar-refractivity contribution in [1.82, 2.24) is 0 Å². The summed E-state index contributed by atoms with van der Waals surface area (Å²) in [6.45, 7) is 1.38. The molecule has 1 fully saturated rings. The topological polar surface area (TPSA) is 35.5 Å². The second-order valence-electron chi connectivity index (χ2n) is 5.46. The van der Waals surface area contributed by atoms with Gasteiger partial charge in [-0.3, -0.25) is 4.79 Å². The number of carbonyl (C=O) groups is 1. The molecule has 0 amide bonds.